The van der Waals surface area contributed by atoms with Gasteiger partial charge in [-0.1, -0.05) is 19.1 Å². The van der Waals surface area contributed by atoms with E-state index >= 15 is 0 Å². The standard InChI is InChI=1S/C16H16N4/c1-2-17-15(16-19-9-4-10-20-16)13-6-7-14-12(11-13)5-3-8-18-14/h3-11,15,17H,2H2,1H3. The predicted molar refractivity (Wildman–Crippen MR) is 79.3 cm³/mol. The highest BCUT2D eigenvalue weighted by molar-refractivity contribution is 5.79. The molecule has 3 rings (SSSR count). The van der Waals surface area contributed by atoms with Crippen LogP contribution in [0.25, 0.3) is 10.9 Å². The first kappa shape index (κ1) is 12.7. The quantitative estimate of drug-likeness (QED) is 0.787. The normalized spacial score (nSPS) is 12.4. The van der Waals surface area contributed by atoms with E-state index in [9.17, 15) is 0 Å². The number of pyridine rings is 1. The SMILES string of the molecule is CCNC(c1ccc2ncccc2c1)c1ncccn1. The van der Waals surface area contributed by atoms with Gasteiger partial charge in [-0.2, -0.15) is 0 Å². The summed E-state index contributed by atoms with van der Waals surface area (Å²) in [4.78, 5) is 13.1. The molecule has 0 fully saturated rings. The number of nitrogens with one attached hydrogen (secondary N) is 1. The zero-order chi connectivity index (χ0) is 13.8. The summed E-state index contributed by atoms with van der Waals surface area (Å²) in [6.45, 7) is 2.94. The highest BCUT2D eigenvalue weighted by atomic mass is 15.0. The lowest BCUT2D eigenvalue weighted by molar-refractivity contribution is 0.598. The van der Waals surface area contributed by atoms with Crippen molar-refractivity contribution in [2.45, 2.75) is 13.0 Å². The van der Waals surface area contributed by atoms with Crippen LogP contribution in [0.2, 0.25) is 0 Å². The Morgan fingerprint density at radius 1 is 1.00 bits per heavy atom. The fourth-order valence-corrected chi connectivity index (χ4v) is 2.30. The van der Waals surface area contributed by atoms with E-state index in [-0.39, 0.29) is 6.04 Å². The first-order valence-electron chi connectivity index (χ1n) is 6.73. The highest BCUT2D eigenvalue weighted by Gasteiger charge is 2.15. The minimum absolute atomic E-state index is 0.00538. The van der Waals surface area contributed by atoms with Gasteiger partial charge in [-0.15, -0.1) is 0 Å². The van der Waals surface area contributed by atoms with Crippen molar-refractivity contribution in [2.75, 3.05) is 6.54 Å². The summed E-state index contributed by atoms with van der Waals surface area (Å²) in [7, 11) is 0. The van der Waals surface area contributed by atoms with Crippen LogP contribution >= 0.6 is 0 Å². The molecule has 0 aliphatic rings. The van der Waals surface area contributed by atoms with Gasteiger partial charge in [0.05, 0.1) is 11.6 Å². The molecule has 0 radical (unpaired) electrons. The van der Waals surface area contributed by atoms with Gasteiger partial charge in [-0.05, 0) is 36.4 Å². The van der Waals surface area contributed by atoms with Gasteiger partial charge in [0.25, 0.3) is 0 Å². The molecule has 2 heterocycles. The lowest BCUT2D eigenvalue weighted by atomic mass is 10.0. The molecule has 0 aliphatic carbocycles. The summed E-state index contributed by atoms with van der Waals surface area (Å²) >= 11 is 0. The van der Waals surface area contributed by atoms with Gasteiger partial charge in [0.2, 0.25) is 0 Å². The minimum atomic E-state index is 0.00538. The molecule has 1 N–H and O–H groups in total. The first-order chi connectivity index (χ1) is 9.88. The van der Waals surface area contributed by atoms with Crippen LogP contribution in [0.1, 0.15) is 24.4 Å². The van der Waals surface area contributed by atoms with Gasteiger partial charge in [0.15, 0.2) is 0 Å². The number of benzene rings is 1. The molecule has 4 nitrogen and oxygen atoms in total. The molecule has 100 valence electrons. The molecule has 2 aromatic heterocycles. The molecule has 0 amide bonds. The van der Waals surface area contributed by atoms with Crippen LogP contribution in [0, 0.1) is 0 Å². The number of nitrogens with zero attached hydrogens (tertiary/aromatic N) is 3. The second-order valence-corrected chi connectivity index (χ2v) is 4.55. The zero-order valence-electron chi connectivity index (χ0n) is 11.3. The summed E-state index contributed by atoms with van der Waals surface area (Å²) in [6.07, 6.45) is 5.36. The molecule has 0 aliphatic heterocycles. The average Bonchev–Trinajstić information content (AvgIpc) is 2.53. The maximum Gasteiger partial charge on any atom is 0.149 e. The number of aromatic nitrogens is 3. The van der Waals surface area contributed by atoms with Crippen LogP contribution < -0.4 is 5.32 Å². The Morgan fingerprint density at radius 2 is 1.80 bits per heavy atom. The summed E-state index contributed by atoms with van der Waals surface area (Å²) in [6, 6.07) is 12.1. The van der Waals surface area contributed by atoms with Crippen LogP contribution in [-0.2, 0) is 0 Å². The van der Waals surface area contributed by atoms with Crippen molar-refractivity contribution in [1.82, 2.24) is 20.3 Å². The summed E-state index contributed by atoms with van der Waals surface area (Å²) in [5.74, 6) is 0.789. The number of rotatable bonds is 4. The van der Waals surface area contributed by atoms with E-state index in [1.807, 2.05) is 24.4 Å². The van der Waals surface area contributed by atoms with E-state index in [4.69, 9.17) is 0 Å². The molecule has 3 aromatic rings. The lowest BCUT2D eigenvalue weighted by Crippen LogP contribution is -2.23. The Kier molecular flexibility index (Phi) is 3.65. The molecule has 1 atom stereocenters. The molecule has 0 spiro atoms. The van der Waals surface area contributed by atoms with Crippen molar-refractivity contribution in [1.29, 1.82) is 0 Å². The largest absolute Gasteiger partial charge is 0.304 e. The monoisotopic (exact) mass is 264 g/mol. The van der Waals surface area contributed by atoms with Crippen LogP contribution in [0.15, 0.2) is 55.0 Å². The second-order valence-electron chi connectivity index (χ2n) is 4.55. The number of fused-ring (bicyclic) bond motifs is 1. The maximum atomic E-state index is 4.36. The molecule has 0 saturated carbocycles. The van der Waals surface area contributed by atoms with Gasteiger partial charge in [-0.25, -0.2) is 9.97 Å². The van der Waals surface area contributed by atoms with E-state index in [0.717, 1.165) is 28.8 Å². The second kappa shape index (κ2) is 5.75. The van der Waals surface area contributed by atoms with Crippen molar-refractivity contribution >= 4 is 10.9 Å². The Bertz CT molecular complexity index is 697. The Morgan fingerprint density at radius 3 is 2.60 bits per heavy atom. The predicted octanol–water partition coefficient (Wildman–Crippen LogP) is 2.72. The molecule has 0 bridgehead atoms. The zero-order valence-corrected chi connectivity index (χ0v) is 11.3. The molecule has 0 saturated heterocycles. The van der Waals surface area contributed by atoms with Gasteiger partial charge in [0.1, 0.15) is 5.82 Å². The van der Waals surface area contributed by atoms with E-state index in [1.54, 1.807) is 12.4 Å². The molecular weight excluding hydrogens is 248 g/mol. The Hall–Kier alpha value is -2.33. The van der Waals surface area contributed by atoms with E-state index < -0.39 is 0 Å². The molecule has 4 heteroatoms. The third-order valence-electron chi connectivity index (χ3n) is 3.21. The van der Waals surface area contributed by atoms with Crippen molar-refractivity contribution in [3.63, 3.8) is 0 Å². The first-order valence-corrected chi connectivity index (χ1v) is 6.73. The third-order valence-corrected chi connectivity index (χ3v) is 3.21. The minimum Gasteiger partial charge on any atom is -0.304 e. The average molecular weight is 264 g/mol. The number of hydrogen-bond acceptors (Lipinski definition) is 4. The van der Waals surface area contributed by atoms with Crippen molar-refractivity contribution in [2.24, 2.45) is 0 Å². The van der Waals surface area contributed by atoms with E-state index in [1.165, 1.54) is 0 Å². The van der Waals surface area contributed by atoms with E-state index in [0.29, 0.717) is 0 Å². The third kappa shape index (κ3) is 2.51. The Labute approximate surface area is 117 Å². The molecule has 1 aromatic carbocycles. The van der Waals surface area contributed by atoms with Crippen molar-refractivity contribution < 1.29 is 0 Å². The van der Waals surface area contributed by atoms with Crippen molar-refractivity contribution in [3.8, 4) is 0 Å². The van der Waals surface area contributed by atoms with Gasteiger partial charge < -0.3 is 5.32 Å². The fraction of sp³-hybridized carbons (Fsp3) is 0.188. The van der Waals surface area contributed by atoms with Crippen LogP contribution in [0.5, 0.6) is 0 Å². The van der Waals surface area contributed by atoms with Gasteiger partial charge in [0, 0.05) is 24.0 Å². The maximum absolute atomic E-state index is 4.36. The molecule has 20 heavy (non-hydrogen) atoms. The topological polar surface area (TPSA) is 50.7 Å². The van der Waals surface area contributed by atoms with Crippen molar-refractivity contribution in [3.05, 3.63) is 66.4 Å². The van der Waals surface area contributed by atoms with Gasteiger partial charge in [-0.3, -0.25) is 4.98 Å². The summed E-state index contributed by atoms with van der Waals surface area (Å²) in [5, 5.41) is 4.56. The summed E-state index contributed by atoms with van der Waals surface area (Å²) in [5.41, 5.74) is 2.15. The molecular formula is C16H16N4. The smallest absolute Gasteiger partial charge is 0.149 e. The lowest BCUT2D eigenvalue weighted by Gasteiger charge is -2.17. The number of hydrogen-bond donors (Lipinski definition) is 1. The van der Waals surface area contributed by atoms with Gasteiger partial charge >= 0.3 is 0 Å². The highest BCUT2D eigenvalue weighted by Crippen LogP contribution is 2.22. The molecule has 1 unspecified atom stereocenters. The van der Waals surface area contributed by atoms with Crippen LogP contribution in [-0.4, -0.2) is 21.5 Å². The van der Waals surface area contributed by atoms with Crippen LogP contribution in [0.3, 0.4) is 0 Å². The van der Waals surface area contributed by atoms with Crippen LogP contribution in [0.4, 0.5) is 0 Å². The fourth-order valence-electron chi connectivity index (χ4n) is 2.30. The Balaban J connectivity index is 2.05. The van der Waals surface area contributed by atoms with E-state index in [2.05, 4.69) is 45.4 Å². The summed E-state index contributed by atoms with van der Waals surface area (Å²) < 4.78 is 0.